The Labute approximate surface area is 161 Å². The summed E-state index contributed by atoms with van der Waals surface area (Å²) in [5, 5.41) is 0. The Balaban J connectivity index is 1.79. The quantitative estimate of drug-likeness (QED) is 0.879. The molecule has 1 aromatic heterocycles. The van der Waals surface area contributed by atoms with Gasteiger partial charge in [-0.05, 0) is 37.8 Å². The van der Waals surface area contributed by atoms with Gasteiger partial charge in [-0.2, -0.15) is 0 Å². The smallest absolute Gasteiger partial charge is 0.291 e. The van der Waals surface area contributed by atoms with E-state index in [1.54, 1.807) is 11.9 Å². The number of nitrogens with two attached hydrogens (primary N) is 1. The lowest BCUT2D eigenvalue weighted by Crippen LogP contribution is -2.31. The van der Waals surface area contributed by atoms with Crippen LogP contribution >= 0.6 is 0 Å². The van der Waals surface area contributed by atoms with E-state index in [0.29, 0.717) is 6.54 Å². The molecule has 1 amide bonds. The summed E-state index contributed by atoms with van der Waals surface area (Å²) in [7, 11) is 1.79. The predicted octanol–water partition coefficient (Wildman–Crippen LogP) is 2.47. The van der Waals surface area contributed by atoms with Crippen molar-refractivity contribution < 1.29 is 4.79 Å². The Kier molecular flexibility index (Phi) is 5.75. The number of carbonyl (C=O) groups excluding carboxylic acids is 1. The van der Waals surface area contributed by atoms with Gasteiger partial charge in [0.2, 0.25) is 5.82 Å². The molecule has 0 radical (unpaired) electrons. The number of nitrogens with zero attached hydrogens (tertiary/aromatic N) is 4. The third kappa shape index (κ3) is 4.27. The number of aryl methyl sites for hydroxylation is 2. The summed E-state index contributed by atoms with van der Waals surface area (Å²) in [6, 6.07) is 8.51. The Bertz CT molecular complexity index is 818. The average molecular weight is 367 g/mol. The van der Waals surface area contributed by atoms with Gasteiger partial charge in [0.1, 0.15) is 5.82 Å². The molecular formula is C21H29N5O. The molecule has 3 rings (SSSR count). The van der Waals surface area contributed by atoms with Crippen LogP contribution < -0.4 is 10.6 Å². The van der Waals surface area contributed by atoms with Gasteiger partial charge in [0, 0.05) is 44.0 Å². The van der Waals surface area contributed by atoms with Crippen molar-refractivity contribution in [3.05, 3.63) is 52.5 Å². The van der Waals surface area contributed by atoms with E-state index in [4.69, 9.17) is 5.73 Å². The predicted molar refractivity (Wildman–Crippen MR) is 108 cm³/mol. The standard InChI is InChI=1S/C21H29N5O/c1-5-16-6-8-17(9-7-16)12-25(4)21(27)19-23-15(3)14(2)20(24-19)26-11-10-18(22)13-26/h6-9,18H,5,10-13,22H2,1-4H3/t18-/m1/s1. The maximum absolute atomic E-state index is 12.9. The first-order valence-corrected chi connectivity index (χ1v) is 9.58. The molecule has 2 heterocycles. The van der Waals surface area contributed by atoms with E-state index in [2.05, 4.69) is 46.1 Å². The summed E-state index contributed by atoms with van der Waals surface area (Å²) < 4.78 is 0. The molecule has 6 nitrogen and oxygen atoms in total. The molecule has 0 aliphatic carbocycles. The van der Waals surface area contributed by atoms with Gasteiger partial charge in [-0.15, -0.1) is 0 Å². The molecule has 27 heavy (non-hydrogen) atoms. The molecule has 1 aromatic carbocycles. The third-order valence-corrected chi connectivity index (χ3v) is 5.28. The molecule has 2 aromatic rings. The molecule has 6 heteroatoms. The van der Waals surface area contributed by atoms with Crippen LogP contribution in [0.2, 0.25) is 0 Å². The van der Waals surface area contributed by atoms with Crippen molar-refractivity contribution in [1.29, 1.82) is 0 Å². The normalized spacial score (nSPS) is 16.6. The van der Waals surface area contributed by atoms with E-state index in [1.165, 1.54) is 5.56 Å². The largest absolute Gasteiger partial charge is 0.355 e. The minimum atomic E-state index is -0.164. The van der Waals surface area contributed by atoms with Crippen LogP contribution in [0.4, 0.5) is 5.82 Å². The first-order chi connectivity index (χ1) is 12.9. The maximum Gasteiger partial charge on any atom is 0.291 e. The van der Waals surface area contributed by atoms with Crippen molar-refractivity contribution in [3.63, 3.8) is 0 Å². The number of hydrogen-bond donors (Lipinski definition) is 1. The fraction of sp³-hybridized carbons (Fsp3) is 0.476. The molecule has 0 saturated carbocycles. The van der Waals surface area contributed by atoms with Crippen LogP contribution in [0.15, 0.2) is 24.3 Å². The lowest BCUT2D eigenvalue weighted by Gasteiger charge is -2.22. The van der Waals surface area contributed by atoms with Gasteiger partial charge in [-0.25, -0.2) is 9.97 Å². The Morgan fingerprint density at radius 2 is 1.89 bits per heavy atom. The van der Waals surface area contributed by atoms with Gasteiger partial charge in [-0.1, -0.05) is 31.2 Å². The minimum Gasteiger partial charge on any atom is -0.355 e. The van der Waals surface area contributed by atoms with E-state index in [9.17, 15) is 4.79 Å². The summed E-state index contributed by atoms with van der Waals surface area (Å²) >= 11 is 0. The zero-order valence-corrected chi connectivity index (χ0v) is 16.7. The highest BCUT2D eigenvalue weighted by molar-refractivity contribution is 5.90. The molecule has 0 unspecified atom stereocenters. The number of rotatable bonds is 5. The molecule has 1 fully saturated rings. The second kappa shape index (κ2) is 8.05. The highest BCUT2D eigenvalue weighted by atomic mass is 16.2. The summed E-state index contributed by atoms with van der Waals surface area (Å²) in [4.78, 5) is 25.8. The summed E-state index contributed by atoms with van der Waals surface area (Å²) in [5.41, 5.74) is 10.3. The monoisotopic (exact) mass is 367 g/mol. The molecular weight excluding hydrogens is 338 g/mol. The molecule has 0 bridgehead atoms. The number of anilines is 1. The van der Waals surface area contributed by atoms with Gasteiger partial charge in [0.25, 0.3) is 5.91 Å². The van der Waals surface area contributed by atoms with E-state index < -0.39 is 0 Å². The topological polar surface area (TPSA) is 75.4 Å². The van der Waals surface area contributed by atoms with Gasteiger partial charge >= 0.3 is 0 Å². The molecule has 1 saturated heterocycles. The lowest BCUT2D eigenvalue weighted by atomic mass is 10.1. The fourth-order valence-electron chi connectivity index (χ4n) is 3.39. The molecule has 1 aliphatic heterocycles. The molecule has 144 valence electrons. The second-order valence-electron chi connectivity index (χ2n) is 7.41. The highest BCUT2D eigenvalue weighted by Gasteiger charge is 2.25. The first kappa shape index (κ1) is 19.3. The summed E-state index contributed by atoms with van der Waals surface area (Å²) in [6.07, 6.45) is 1.95. The number of aromatic nitrogens is 2. The van der Waals surface area contributed by atoms with Crippen LogP contribution in [0.25, 0.3) is 0 Å². The third-order valence-electron chi connectivity index (χ3n) is 5.28. The van der Waals surface area contributed by atoms with Crippen LogP contribution in [-0.4, -0.2) is 47.0 Å². The summed E-state index contributed by atoms with van der Waals surface area (Å²) in [6.45, 7) is 8.23. The zero-order valence-electron chi connectivity index (χ0n) is 16.7. The number of amides is 1. The van der Waals surface area contributed by atoms with Crippen LogP contribution in [0.1, 0.15) is 46.3 Å². The zero-order chi connectivity index (χ0) is 19.6. The average Bonchev–Trinajstić information content (AvgIpc) is 3.10. The molecule has 2 N–H and O–H groups in total. The van der Waals surface area contributed by atoms with E-state index in [-0.39, 0.29) is 17.8 Å². The number of hydrogen-bond acceptors (Lipinski definition) is 5. The summed E-state index contributed by atoms with van der Waals surface area (Å²) in [5.74, 6) is 0.920. The maximum atomic E-state index is 12.9. The van der Waals surface area contributed by atoms with Crippen LogP contribution in [0.5, 0.6) is 0 Å². The molecule has 1 atom stereocenters. The van der Waals surface area contributed by atoms with Crippen molar-refractivity contribution in [2.24, 2.45) is 5.73 Å². The van der Waals surface area contributed by atoms with Crippen LogP contribution in [0, 0.1) is 13.8 Å². The Morgan fingerprint density at radius 1 is 1.22 bits per heavy atom. The fourth-order valence-corrected chi connectivity index (χ4v) is 3.39. The van der Waals surface area contributed by atoms with E-state index in [1.807, 2.05) is 13.8 Å². The van der Waals surface area contributed by atoms with Gasteiger partial charge < -0.3 is 15.5 Å². The van der Waals surface area contributed by atoms with Crippen molar-refractivity contribution in [1.82, 2.24) is 14.9 Å². The van der Waals surface area contributed by atoms with Gasteiger partial charge in [0.05, 0.1) is 0 Å². The van der Waals surface area contributed by atoms with Crippen molar-refractivity contribution >= 4 is 11.7 Å². The Hall–Kier alpha value is -2.47. The van der Waals surface area contributed by atoms with Crippen LogP contribution in [-0.2, 0) is 13.0 Å². The van der Waals surface area contributed by atoms with Crippen molar-refractivity contribution in [3.8, 4) is 0 Å². The Morgan fingerprint density at radius 3 is 2.48 bits per heavy atom. The van der Waals surface area contributed by atoms with Crippen LogP contribution in [0.3, 0.4) is 0 Å². The van der Waals surface area contributed by atoms with Crippen molar-refractivity contribution in [2.75, 3.05) is 25.0 Å². The number of carbonyl (C=O) groups is 1. The van der Waals surface area contributed by atoms with Gasteiger partial charge in [0.15, 0.2) is 0 Å². The van der Waals surface area contributed by atoms with Crippen molar-refractivity contribution in [2.45, 2.75) is 46.2 Å². The van der Waals surface area contributed by atoms with E-state index >= 15 is 0 Å². The molecule has 1 aliphatic rings. The lowest BCUT2D eigenvalue weighted by molar-refractivity contribution is 0.0772. The highest BCUT2D eigenvalue weighted by Crippen LogP contribution is 2.24. The molecule has 0 spiro atoms. The van der Waals surface area contributed by atoms with E-state index in [0.717, 1.165) is 48.6 Å². The minimum absolute atomic E-state index is 0.160. The van der Waals surface area contributed by atoms with Gasteiger partial charge in [-0.3, -0.25) is 4.79 Å². The second-order valence-corrected chi connectivity index (χ2v) is 7.41. The number of benzene rings is 1. The first-order valence-electron chi connectivity index (χ1n) is 9.58. The SMILES string of the molecule is CCc1ccc(CN(C)C(=O)c2nc(C)c(C)c(N3CC[C@@H](N)C3)n2)cc1.